The summed E-state index contributed by atoms with van der Waals surface area (Å²) in [6.45, 7) is 2.41. The zero-order chi connectivity index (χ0) is 15.4. The van der Waals surface area contributed by atoms with Crippen LogP contribution < -0.4 is 5.32 Å². The van der Waals surface area contributed by atoms with Gasteiger partial charge in [0.15, 0.2) is 0 Å². The minimum Gasteiger partial charge on any atom is -0.348 e. The lowest BCUT2D eigenvalue weighted by atomic mass is 9.95. The number of aromatic nitrogens is 3. The molecule has 0 atom stereocenters. The van der Waals surface area contributed by atoms with Crippen molar-refractivity contribution in [2.75, 3.05) is 0 Å². The fourth-order valence-electron chi connectivity index (χ4n) is 2.83. The third-order valence-corrected chi connectivity index (χ3v) is 3.95. The number of nitrogens with zero attached hydrogens (tertiary/aromatic N) is 3. The normalized spacial score (nSPS) is 13.5. The first-order chi connectivity index (χ1) is 10.7. The quantitative estimate of drug-likeness (QED) is 0.936. The second-order valence-corrected chi connectivity index (χ2v) is 5.63. The maximum absolute atomic E-state index is 12.0. The summed E-state index contributed by atoms with van der Waals surface area (Å²) in [5, 5.41) is 2.88. The molecule has 1 aliphatic carbocycles. The summed E-state index contributed by atoms with van der Waals surface area (Å²) in [4.78, 5) is 25.2. The molecule has 2 heterocycles. The van der Waals surface area contributed by atoms with Gasteiger partial charge in [0.1, 0.15) is 5.82 Å². The lowest BCUT2D eigenvalue weighted by Gasteiger charge is -2.17. The van der Waals surface area contributed by atoms with Crippen molar-refractivity contribution in [3.63, 3.8) is 0 Å². The first kappa shape index (κ1) is 14.6. The first-order valence-electron chi connectivity index (χ1n) is 7.74. The molecule has 114 valence electrons. The van der Waals surface area contributed by atoms with E-state index in [4.69, 9.17) is 0 Å². The Balaban J connectivity index is 1.62. The minimum atomic E-state index is -0.0577. The van der Waals surface area contributed by atoms with Crippen LogP contribution in [0.4, 0.5) is 0 Å². The number of carbonyl (C=O) groups excluding carboxylic acids is 1. The van der Waals surface area contributed by atoms with Gasteiger partial charge in [-0.1, -0.05) is 6.07 Å². The van der Waals surface area contributed by atoms with Crippen LogP contribution in [-0.4, -0.2) is 20.9 Å². The highest BCUT2D eigenvalue weighted by Crippen LogP contribution is 2.21. The highest BCUT2D eigenvalue weighted by Gasteiger charge is 2.15. The molecule has 0 fully saturated rings. The molecule has 22 heavy (non-hydrogen) atoms. The maximum atomic E-state index is 12.0. The summed E-state index contributed by atoms with van der Waals surface area (Å²) < 4.78 is 0. The molecule has 2 aromatic heterocycles. The average Bonchev–Trinajstić information content (AvgIpc) is 2.54. The van der Waals surface area contributed by atoms with Crippen LogP contribution >= 0.6 is 0 Å². The molecule has 2 aromatic rings. The minimum absolute atomic E-state index is 0.0577. The molecule has 0 aliphatic heterocycles. The van der Waals surface area contributed by atoms with Gasteiger partial charge in [0.2, 0.25) is 5.91 Å². The van der Waals surface area contributed by atoms with E-state index in [-0.39, 0.29) is 12.3 Å². The van der Waals surface area contributed by atoms with Crippen molar-refractivity contribution >= 4 is 5.91 Å². The van der Waals surface area contributed by atoms with E-state index in [1.807, 2.05) is 25.1 Å². The van der Waals surface area contributed by atoms with Gasteiger partial charge in [-0.25, -0.2) is 9.97 Å². The predicted molar refractivity (Wildman–Crippen MR) is 83.2 cm³/mol. The molecule has 1 amide bonds. The number of nitrogens with one attached hydrogen (secondary N) is 1. The zero-order valence-electron chi connectivity index (χ0n) is 12.8. The van der Waals surface area contributed by atoms with Crippen LogP contribution in [0.2, 0.25) is 0 Å². The molecule has 3 rings (SSSR count). The van der Waals surface area contributed by atoms with E-state index in [0.29, 0.717) is 12.4 Å². The van der Waals surface area contributed by atoms with Crippen LogP contribution in [-0.2, 0) is 30.6 Å². The number of hydrogen-bond donors (Lipinski definition) is 1. The van der Waals surface area contributed by atoms with Gasteiger partial charge in [-0.15, -0.1) is 0 Å². The van der Waals surface area contributed by atoms with Gasteiger partial charge in [0.25, 0.3) is 0 Å². The van der Waals surface area contributed by atoms with Gasteiger partial charge in [0, 0.05) is 23.3 Å². The molecular weight excluding hydrogens is 276 g/mol. The van der Waals surface area contributed by atoms with Crippen LogP contribution in [0.25, 0.3) is 0 Å². The van der Waals surface area contributed by atoms with E-state index in [2.05, 4.69) is 20.3 Å². The Morgan fingerprint density at radius 2 is 2.09 bits per heavy atom. The summed E-state index contributed by atoms with van der Waals surface area (Å²) in [6.07, 6.45) is 6.48. The van der Waals surface area contributed by atoms with Crippen LogP contribution in [0.5, 0.6) is 0 Å². The smallest absolute Gasteiger partial charge is 0.226 e. The topological polar surface area (TPSA) is 67.8 Å². The molecule has 0 unspecified atom stereocenters. The SMILES string of the molecule is Cc1nc(CNC(=O)Cc2ccccn2)nc2c1CCCC2. The largest absolute Gasteiger partial charge is 0.348 e. The standard InChI is InChI=1S/C17H20N4O/c1-12-14-7-2-3-8-15(14)21-16(20-12)11-19-17(22)10-13-6-4-5-9-18-13/h4-6,9H,2-3,7-8,10-11H2,1H3,(H,19,22). The van der Waals surface area contributed by atoms with Crippen molar-refractivity contribution in [1.29, 1.82) is 0 Å². The molecular formula is C17H20N4O. The molecule has 0 radical (unpaired) electrons. The van der Waals surface area contributed by atoms with Crippen LogP contribution in [0, 0.1) is 6.92 Å². The van der Waals surface area contributed by atoms with E-state index in [1.54, 1.807) is 6.20 Å². The number of hydrogen-bond acceptors (Lipinski definition) is 4. The second-order valence-electron chi connectivity index (χ2n) is 5.63. The Bertz CT molecular complexity index is 670. The van der Waals surface area contributed by atoms with Crippen LogP contribution in [0.1, 0.15) is 41.3 Å². The summed E-state index contributed by atoms with van der Waals surface area (Å²) in [7, 11) is 0. The predicted octanol–water partition coefficient (Wildman–Crippen LogP) is 1.92. The molecule has 0 saturated heterocycles. The maximum Gasteiger partial charge on any atom is 0.226 e. The van der Waals surface area contributed by atoms with Crippen molar-refractivity contribution in [2.45, 2.75) is 45.6 Å². The molecule has 0 spiro atoms. The number of amides is 1. The van der Waals surface area contributed by atoms with E-state index < -0.39 is 0 Å². The molecule has 0 saturated carbocycles. The zero-order valence-corrected chi connectivity index (χ0v) is 12.8. The second kappa shape index (κ2) is 6.64. The number of fused-ring (bicyclic) bond motifs is 1. The lowest BCUT2D eigenvalue weighted by molar-refractivity contribution is -0.120. The van der Waals surface area contributed by atoms with Gasteiger partial charge in [-0.3, -0.25) is 9.78 Å². The van der Waals surface area contributed by atoms with Crippen molar-refractivity contribution < 1.29 is 4.79 Å². The third kappa shape index (κ3) is 3.47. The monoisotopic (exact) mass is 296 g/mol. The third-order valence-electron chi connectivity index (χ3n) is 3.95. The fourth-order valence-corrected chi connectivity index (χ4v) is 2.83. The van der Waals surface area contributed by atoms with Gasteiger partial charge in [-0.05, 0) is 50.3 Å². The summed E-state index contributed by atoms with van der Waals surface area (Å²) in [5.41, 5.74) is 4.28. The number of pyridine rings is 1. The number of carbonyl (C=O) groups is 1. The van der Waals surface area contributed by atoms with Gasteiger partial charge in [-0.2, -0.15) is 0 Å². The van der Waals surface area contributed by atoms with Crippen LogP contribution in [0.3, 0.4) is 0 Å². The van der Waals surface area contributed by atoms with Crippen molar-refractivity contribution in [2.24, 2.45) is 0 Å². The lowest BCUT2D eigenvalue weighted by Crippen LogP contribution is -2.26. The van der Waals surface area contributed by atoms with E-state index in [0.717, 1.165) is 29.9 Å². The molecule has 5 heteroatoms. The molecule has 1 N–H and O–H groups in total. The van der Waals surface area contributed by atoms with E-state index in [9.17, 15) is 4.79 Å². The first-order valence-corrected chi connectivity index (χ1v) is 7.74. The Morgan fingerprint density at radius 1 is 1.23 bits per heavy atom. The Labute approximate surface area is 130 Å². The van der Waals surface area contributed by atoms with Gasteiger partial charge in [0.05, 0.1) is 13.0 Å². The number of aryl methyl sites for hydroxylation is 2. The molecule has 0 aromatic carbocycles. The summed E-state index contributed by atoms with van der Waals surface area (Å²) >= 11 is 0. The van der Waals surface area contributed by atoms with E-state index in [1.165, 1.54) is 18.4 Å². The van der Waals surface area contributed by atoms with Crippen LogP contribution in [0.15, 0.2) is 24.4 Å². The Kier molecular flexibility index (Phi) is 4.42. The van der Waals surface area contributed by atoms with Crippen molar-refractivity contribution in [3.8, 4) is 0 Å². The van der Waals surface area contributed by atoms with E-state index >= 15 is 0 Å². The molecule has 5 nitrogen and oxygen atoms in total. The highest BCUT2D eigenvalue weighted by molar-refractivity contribution is 5.77. The average molecular weight is 296 g/mol. The van der Waals surface area contributed by atoms with Crippen molar-refractivity contribution in [3.05, 3.63) is 52.9 Å². The summed E-state index contributed by atoms with van der Waals surface area (Å²) in [6, 6.07) is 5.57. The summed E-state index contributed by atoms with van der Waals surface area (Å²) in [5.74, 6) is 0.644. The number of rotatable bonds is 4. The van der Waals surface area contributed by atoms with Gasteiger partial charge >= 0.3 is 0 Å². The molecule has 0 bridgehead atoms. The van der Waals surface area contributed by atoms with Gasteiger partial charge < -0.3 is 5.32 Å². The fraction of sp³-hybridized carbons (Fsp3) is 0.412. The Hall–Kier alpha value is -2.30. The Morgan fingerprint density at radius 3 is 2.91 bits per heavy atom. The van der Waals surface area contributed by atoms with Crippen molar-refractivity contribution in [1.82, 2.24) is 20.3 Å². The highest BCUT2D eigenvalue weighted by atomic mass is 16.1. The molecule has 1 aliphatic rings.